The molecule has 4 heteroatoms. The molecule has 1 aliphatic rings. The monoisotopic (exact) mass is 209 g/mol. The number of aliphatic imine (C=N–C) groups is 1. The van der Waals surface area contributed by atoms with Gasteiger partial charge in [0.25, 0.3) is 5.91 Å². The lowest BCUT2D eigenvalue weighted by Gasteiger charge is -2.26. The van der Waals surface area contributed by atoms with Crippen molar-refractivity contribution in [1.29, 1.82) is 0 Å². The van der Waals surface area contributed by atoms with Crippen LogP contribution in [-0.4, -0.2) is 35.7 Å². The molecular formula is C11H19N3O. The van der Waals surface area contributed by atoms with E-state index >= 15 is 0 Å². The second kappa shape index (κ2) is 4.47. The molecule has 2 N–H and O–H groups in total. The van der Waals surface area contributed by atoms with Gasteiger partial charge in [0.15, 0.2) is 0 Å². The first kappa shape index (κ1) is 11.8. The SMILES string of the molecule is CCN=CC1=C(N)C(C)N(C(C)C)C1=O. The molecule has 0 radical (unpaired) electrons. The molecule has 1 heterocycles. The van der Waals surface area contributed by atoms with E-state index in [1.807, 2.05) is 27.7 Å². The molecule has 1 aliphatic heterocycles. The largest absolute Gasteiger partial charge is 0.400 e. The van der Waals surface area contributed by atoms with Crippen LogP contribution in [0.15, 0.2) is 16.3 Å². The van der Waals surface area contributed by atoms with E-state index in [0.29, 0.717) is 17.8 Å². The van der Waals surface area contributed by atoms with Crippen LogP contribution < -0.4 is 5.73 Å². The molecule has 0 spiro atoms. The third-order valence-corrected chi connectivity index (χ3v) is 2.60. The minimum absolute atomic E-state index is 0.00722. The minimum Gasteiger partial charge on any atom is -0.400 e. The van der Waals surface area contributed by atoms with Gasteiger partial charge in [0.1, 0.15) is 0 Å². The number of nitrogens with zero attached hydrogens (tertiary/aromatic N) is 2. The lowest BCUT2D eigenvalue weighted by atomic mass is 10.2. The minimum atomic E-state index is -0.0178. The van der Waals surface area contributed by atoms with Crippen LogP contribution in [0.2, 0.25) is 0 Å². The van der Waals surface area contributed by atoms with Gasteiger partial charge in [-0.15, -0.1) is 0 Å². The van der Waals surface area contributed by atoms with Crippen LogP contribution >= 0.6 is 0 Å². The first-order chi connectivity index (χ1) is 7.00. The fourth-order valence-electron chi connectivity index (χ4n) is 1.81. The summed E-state index contributed by atoms with van der Waals surface area (Å²) in [4.78, 5) is 17.8. The van der Waals surface area contributed by atoms with E-state index in [2.05, 4.69) is 4.99 Å². The summed E-state index contributed by atoms with van der Waals surface area (Å²) in [6, 6.07) is 0.148. The van der Waals surface area contributed by atoms with Crippen molar-refractivity contribution in [2.45, 2.75) is 39.8 Å². The highest BCUT2D eigenvalue weighted by Gasteiger charge is 2.35. The van der Waals surface area contributed by atoms with Crippen molar-refractivity contribution < 1.29 is 4.79 Å². The van der Waals surface area contributed by atoms with Gasteiger partial charge in [0.2, 0.25) is 0 Å². The van der Waals surface area contributed by atoms with Gasteiger partial charge in [-0.05, 0) is 27.7 Å². The standard InChI is InChI=1S/C11H19N3O/c1-5-13-6-9-10(12)8(4)14(7(2)3)11(9)15/h6-8H,5,12H2,1-4H3. The molecular weight excluding hydrogens is 190 g/mol. The smallest absolute Gasteiger partial charge is 0.258 e. The van der Waals surface area contributed by atoms with Crippen LogP contribution in [0, 0.1) is 0 Å². The van der Waals surface area contributed by atoms with Crippen molar-refractivity contribution in [2.24, 2.45) is 10.7 Å². The quantitative estimate of drug-likeness (QED) is 0.703. The fraction of sp³-hybridized carbons (Fsp3) is 0.636. The van der Waals surface area contributed by atoms with Crippen LogP contribution in [0.3, 0.4) is 0 Å². The van der Waals surface area contributed by atoms with Gasteiger partial charge in [0.05, 0.1) is 11.6 Å². The van der Waals surface area contributed by atoms with Crippen molar-refractivity contribution in [3.63, 3.8) is 0 Å². The fourth-order valence-corrected chi connectivity index (χ4v) is 1.81. The van der Waals surface area contributed by atoms with Gasteiger partial charge in [-0.3, -0.25) is 9.79 Å². The average molecular weight is 209 g/mol. The number of carbonyl (C=O) groups is 1. The van der Waals surface area contributed by atoms with E-state index in [-0.39, 0.29) is 18.0 Å². The zero-order valence-corrected chi connectivity index (χ0v) is 9.82. The zero-order chi connectivity index (χ0) is 11.6. The van der Waals surface area contributed by atoms with Gasteiger partial charge in [-0.1, -0.05) is 0 Å². The van der Waals surface area contributed by atoms with Crippen LogP contribution in [0.4, 0.5) is 0 Å². The number of hydrogen-bond acceptors (Lipinski definition) is 3. The van der Waals surface area contributed by atoms with Crippen LogP contribution in [0.5, 0.6) is 0 Å². The Balaban J connectivity index is 2.98. The van der Waals surface area contributed by atoms with E-state index < -0.39 is 0 Å². The molecule has 1 unspecified atom stereocenters. The van der Waals surface area contributed by atoms with Crippen molar-refractivity contribution in [3.05, 3.63) is 11.3 Å². The van der Waals surface area contributed by atoms with Crippen molar-refractivity contribution in [1.82, 2.24) is 4.90 Å². The van der Waals surface area contributed by atoms with E-state index in [4.69, 9.17) is 5.73 Å². The van der Waals surface area contributed by atoms with Gasteiger partial charge >= 0.3 is 0 Å². The molecule has 0 saturated heterocycles. The van der Waals surface area contributed by atoms with Gasteiger partial charge in [-0.25, -0.2) is 0 Å². The molecule has 15 heavy (non-hydrogen) atoms. The summed E-state index contributed by atoms with van der Waals surface area (Å²) in [5, 5.41) is 0. The molecule has 0 saturated carbocycles. The molecule has 0 bridgehead atoms. The van der Waals surface area contributed by atoms with Gasteiger partial charge < -0.3 is 10.6 Å². The summed E-state index contributed by atoms with van der Waals surface area (Å²) in [6.45, 7) is 8.51. The number of amides is 1. The summed E-state index contributed by atoms with van der Waals surface area (Å²) in [5.41, 5.74) is 7.09. The second-order valence-electron chi connectivity index (χ2n) is 3.98. The normalized spacial score (nSPS) is 22.6. The van der Waals surface area contributed by atoms with E-state index in [0.717, 1.165) is 0 Å². The third kappa shape index (κ3) is 2.03. The number of nitrogens with two attached hydrogens (primary N) is 1. The molecule has 4 nitrogen and oxygen atoms in total. The highest BCUT2D eigenvalue weighted by Crippen LogP contribution is 2.23. The molecule has 0 aliphatic carbocycles. The number of hydrogen-bond donors (Lipinski definition) is 1. The Kier molecular flexibility index (Phi) is 3.50. The Labute approximate surface area is 90.8 Å². The first-order valence-corrected chi connectivity index (χ1v) is 5.32. The van der Waals surface area contributed by atoms with Crippen molar-refractivity contribution in [2.75, 3.05) is 6.54 Å². The first-order valence-electron chi connectivity index (χ1n) is 5.32. The summed E-state index contributed by atoms with van der Waals surface area (Å²) in [5.74, 6) is -0.00722. The molecule has 0 aromatic heterocycles. The Morgan fingerprint density at radius 3 is 2.60 bits per heavy atom. The highest BCUT2D eigenvalue weighted by molar-refractivity contribution is 6.15. The molecule has 1 atom stereocenters. The number of carbonyl (C=O) groups excluding carboxylic acids is 1. The van der Waals surface area contributed by atoms with Gasteiger partial charge in [0, 0.05) is 24.5 Å². The average Bonchev–Trinajstić information content (AvgIpc) is 2.37. The Hall–Kier alpha value is -1.32. The predicted octanol–water partition coefficient (Wildman–Crippen LogP) is 0.929. The lowest BCUT2D eigenvalue weighted by molar-refractivity contribution is -0.127. The van der Waals surface area contributed by atoms with Crippen LogP contribution in [-0.2, 0) is 4.79 Å². The second-order valence-corrected chi connectivity index (χ2v) is 3.98. The van der Waals surface area contributed by atoms with Gasteiger partial charge in [-0.2, -0.15) is 0 Å². The van der Waals surface area contributed by atoms with Crippen LogP contribution in [0.25, 0.3) is 0 Å². The molecule has 1 rings (SSSR count). The summed E-state index contributed by atoms with van der Waals surface area (Å²) >= 11 is 0. The lowest BCUT2D eigenvalue weighted by Crippen LogP contribution is -2.40. The zero-order valence-electron chi connectivity index (χ0n) is 9.82. The topological polar surface area (TPSA) is 58.7 Å². The van der Waals surface area contributed by atoms with E-state index in [1.54, 1.807) is 11.1 Å². The van der Waals surface area contributed by atoms with E-state index in [1.165, 1.54) is 0 Å². The Morgan fingerprint density at radius 1 is 1.60 bits per heavy atom. The Morgan fingerprint density at radius 2 is 2.20 bits per heavy atom. The van der Waals surface area contributed by atoms with E-state index in [9.17, 15) is 4.79 Å². The maximum absolute atomic E-state index is 12.0. The molecule has 1 amide bonds. The Bertz CT molecular complexity index is 318. The summed E-state index contributed by atoms with van der Waals surface area (Å²) in [7, 11) is 0. The maximum Gasteiger partial charge on any atom is 0.258 e. The molecule has 0 aromatic carbocycles. The third-order valence-electron chi connectivity index (χ3n) is 2.60. The van der Waals surface area contributed by atoms with Crippen molar-refractivity contribution >= 4 is 12.1 Å². The van der Waals surface area contributed by atoms with Crippen molar-refractivity contribution in [3.8, 4) is 0 Å². The highest BCUT2D eigenvalue weighted by atomic mass is 16.2. The molecule has 0 aromatic rings. The maximum atomic E-state index is 12.0. The predicted molar refractivity (Wildman–Crippen MR) is 61.7 cm³/mol. The summed E-state index contributed by atoms with van der Waals surface area (Å²) < 4.78 is 0. The molecule has 84 valence electrons. The summed E-state index contributed by atoms with van der Waals surface area (Å²) in [6.07, 6.45) is 1.59. The number of rotatable bonds is 3. The van der Waals surface area contributed by atoms with Crippen LogP contribution in [0.1, 0.15) is 27.7 Å². The molecule has 0 fully saturated rings.